The summed E-state index contributed by atoms with van der Waals surface area (Å²) in [7, 11) is 1.53. The Morgan fingerprint density at radius 3 is 2.59 bits per heavy atom. The number of ether oxygens (including phenoxy) is 2. The molecule has 2 aromatic heterocycles. The van der Waals surface area contributed by atoms with Crippen LogP contribution in [0.3, 0.4) is 0 Å². The molecule has 2 heterocycles. The normalized spacial score (nSPS) is 11.0. The molecule has 0 aliphatic heterocycles. The summed E-state index contributed by atoms with van der Waals surface area (Å²) in [6.45, 7) is 1.75. The molecule has 136 valence electrons. The molecule has 0 saturated carbocycles. The van der Waals surface area contributed by atoms with Crippen molar-refractivity contribution < 1.29 is 18.3 Å². The maximum absolute atomic E-state index is 13.9. The molecule has 0 saturated heterocycles. The molecule has 0 radical (unpaired) electrons. The number of halogens is 2. The van der Waals surface area contributed by atoms with Crippen molar-refractivity contribution in [1.29, 1.82) is 0 Å². The molecule has 4 rings (SSSR count). The van der Waals surface area contributed by atoms with Gasteiger partial charge < -0.3 is 9.47 Å². The largest absolute Gasteiger partial charge is 0.497 e. The maximum Gasteiger partial charge on any atom is 0.237 e. The van der Waals surface area contributed by atoms with Crippen LogP contribution in [0.1, 0.15) is 5.82 Å². The fraction of sp³-hybridized carbons (Fsp3) is 0.105. The molecule has 0 N–H and O–H groups in total. The second-order valence-electron chi connectivity index (χ2n) is 5.79. The summed E-state index contributed by atoms with van der Waals surface area (Å²) in [5.74, 6) is -0.506. The van der Waals surface area contributed by atoms with E-state index in [1.165, 1.54) is 11.6 Å². The molecule has 0 bridgehead atoms. The number of aromatic nitrogens is 4. The van der Waals surface area contributed by atoms with Gasteiger partial charge in [0.2, 0.25) is 5.88 Å². The average Bonchev–Trinajstić information content (AvgIpc) is 3.05. The number of fused-ring (bicyclic) bond motifs is 1. The molecule has 0 unspecified atom stereocenters. The van der Waals surface area contributed by atoms with Gasteiger partial charge in [0.1, 0.15) is 11.5 Å². The van der Waals surface area contributed by atoms with Crippen LogP contribution in [0.15, 0.2) is 48.5 Å². The summed E-state index contributed by atoms with van der Waals surface area (Å²) in [6.07, 6.45) is 0. The highest BCUT2D eigenvalue weighted by Crippen LogP contribution is 2.36. The Bertz CT molecular complexity index is 1140. The maximum atomic E-state index is 13.9. The third-order valence-electron chi connectivity index (χ3n) is 4.01. The molecule has 6 nitrogen and oxygen atoms in total. The predicted octanol–water partition coefficient (Wildman–Crippen LogP) is 4.18. The van der Waals surface area contributed by atoms with E-state index >= 15 is 0 Å². The Hall–Kier alpha value is -3.55. The van der Waals surface area contributed by atoms with Crippen molar-refractivity contribution in [1.82, 2.24) is 19.8 Å². The zero-order valence-electron chi connectivity index (χ0n) is 14.5. The highest BCUT2D eigenvalue weighted by molar-refractivity contribution is 5.72. The van der Waals surface area contributed by atoms with Gasteiger partial charge >= 0.3 is 0 Å². The summed E-state index contributed by atoms with van der Waals surface area (Å²) in [5.41, 5.74) is 1.54. The standard InChI is InChI=1S/C19H14F2N4O2/c1-11-22-23-18-6-7-19(24-25(11)18)27-17-10-16(21)15(20)9-14(17)12-4-3-5-13(8-12)26-2/h3-10H,1-2H3. The van der Waals surface area contributed by atoms with Crippen LogP contribution in [0, 0.1) is 18.6 Å². The molecule has 0 aliphatic carbocycles. The Kier molecular flexibility index (Phi) is 4.15. The summed E-state index contributed by atoms with van der Waals surface area (Å²) >= 11 is 0. The van der Waals surface area contributed by atoms with Crippen LogP contribution < -0.4 is 9.47 Å². The van der Waals surface area contributed by atoms with E-state index in [0.29, 0.717) is 28.3 Å². The minimum atomic E-state index is -1.02. The van der Waals surface area contributed by atoms with Crippen LogP contribution in [-0.4, -0.2) is 26.9 Å². The van der Waals surface area contributed by atoms with Crippen molar-refractivity contribution in [3.05, 3.63) is 66.0 Å². The summed E-state index contributed by atoms with van der Waals surface area (Å²) in [6, 6.07) is 12.3. The van der Waals surface area contributed by atoms with Gasteiger partial charge in [0, 0.05) is 17.7 Å². The molecular weight excluding hydrogens is 354 g/mol. The van der Waals surface area contributed by atoms with Crippen LogP contribution in [0.4, 0.5) is 8.78 Å². The van der Waals surface area contributed by atoms with Crippen LogP contribution in [0.5, 0.6) is 17.4 Å². The van der Waals surface area contributed by atoms with Gasteiger partial charge in [0.05, 0.1) is 7.11 Å². The number of benzene rings is 2. The summed E-state index contributed by atoms with van der Waals surface area (Å²) in [5, 5.41) is 12.2. The van der Waals surface area contributed by atoms with Gasteiger partial charge in [-0.1, -0.05) is 12.1 Å². The Morgan fingerprint density at radius 2 is 1.78 bits per heavy atom. The van der Waals surface area contributed by atoms with Crippen molar-refractivity contribution in [2.45, 2.75) is 6.92 Å². The lowest BCUT2D eigenvalue weighted by atomic mass is 10.0. The molecule has 2 aromatic carbocycles. The van der Waals surface area contributed by atoms with Gasteiger partial charge in [-0.3, -0.25) is 0 Å². The predicted molar refractivity (Wildman–Crippen MR) is 93.9 cm³/mol. The average molecular weight is 368 g/mol. The van der Waals surface area contributed by atoms with E-state index in [1.54, 1.807) is 43.3 Å². The number of hydrogen-bond acceptors (Lipinski definition) is 5. The topological polar surface area (TPSA) is 61.5 Å². The fourth-order valence-corrected chi connectivity index (χ4v) is 2.68. The lowest BCUT2D eigenvalue weighted by Gasteiger charge is -2.12. The number of rotatable bonds is 4. The number of hydrogen-bond donors (Lipinski definition) is 0. The van der Waals surface area contributed by atoms with Gasteiger partial charge in [-0.25, -0.2) is 8.78 Å². The van der Waals surface area contributed by atoms with E-state index in [-0.39, 0.29) is 11.6 Å². The lowest BCUT2D eigenvalue weighted by molar-refractivity contribution is 0.415. The van der Waals surface area contributed by atoms with Crippen LogP contribution in [0.25, 0.3) is 16.8 Å². The second-order valence-corrected chi connectivity index (χ2v) is 5.79. The fourth-order valence-electron chi connectivity index (χ4n) is 2.68. The van der Waals surface area contributed by atoms with Gasteiger partial charge in [-0.15, -0.1) is 15.3 Å². The molecule has 0 atom stereocenters. The first-order chi connectivity index (χ1) is 13.0. The van der Waals surface area contributed by atoms with Crippen molar-refractivity contribution >= 4 is 5.65 Å². The molecule has 0 aliphatic rings. The van der Waals surface area contributed by atoms with Crippen molar-refractivity contribution in [2.24, 2.45) is 0 Å². The van der Waals surface area contributed by atoms with Gasteiger partial charge in [0.25, 0.3) is 0 Å². The van der Waals surface area contributed by atoms with Crippen molar-refractivity contribution in [3.8, 4) is 28.5 Å². The number of methoxy groups -OCH3 is 1. The van der Waals surface area contributed by atoms with E-state index < -0.39 is 11.6 Å². The molecular formula is C19H14F2N4O2. The third kappa shape index (κ3) is 3.17. The van der Waals surface area contributed by atoms with E-state index in [0.717, 1.165) is 12.1 Å². The van der Waals surface area contributed by atoms with Crippen molar-refractivity contribution in [2.75, 3.05) is 7.11 Å². The van der Waals surface area contributed by atoms with E-state index in [2.05, 4.69) is 15.3 Å². The minimum Gasteiger partial charge on any atom is -0.497 e. The lowest BCUT2D eigenvalue weighted by Crippen LogP contribution is -1.99. The van der Waals surface area contributed by atoms with E-state index in [9.17, 15) is 8.78 Å². The quantitative estimate of drug-likeness (QED) is 0.541. The first-order valence-corrected chi connectivity index (χ1v) is 8.05. The number of aryl methyl sites for hydroxylation is 1. The summed E-state index contributed by atoms with van der Waals surface area (Å²) in [4.78, 5) is 0. The van der Waals surface area contributed by atoms with E-state index in [4.69, 9.17) is 9.47 Å². The highest BCUT2D eigenvalue weighted by atomic mass is 19.2. The minimum absolute atomic E-state index is 0.125. The van der Waals surface area contributed by atoms with Gasteiger partial charge in [0.15, 0.2) is 23.1 Å². The highest BCUT2D eigenvalue weighted by Gasteiger charge is 2.15. The van der Waals surface area contributed by atoms with Crippen molar-refractivity contribution in [3.63, 3.8) is 0 Å². The number of nitrogens with zero attached hydrogens (tertiary/aromatic N) is 4. The Balaban J connectivity index is 1.80. The first-order valence-electron chi connectivity index (χ1n) is 8.05. The Morgan fingerprint density at radius 1 is 0.963 bits per heavy atom. The van der Waals surface area contributed by atoms with Gasteiger partial charge in [-0.2, -0.15) is 4.52 Å². The molecule has 4 aromatic rings. The van der Waals surface area contributed by atoms with Crippen LogP contribution >= 0.6 is 0 Å². The monoisotopic (exact) mass is 368 g/mol. The molecule has 8 heteroatoms. The van der Waals surface area contributed by atoms with E-state index in [1.807, 2.05) is 0 Å². The molecule has 0 fully saturated rings. The smallest absolute Gasteiger partial charge is 0.237 e. The third-order valence-corrected chi connectivity index (χ3v) is 4.01. The first kappa shape index (κ1) is 16.9. The van der Waals surface area contributed by atoms with Crippen LogP contribution in [-0.2, 0) is 0 Å². The van der Waals surface area contributed by atoms with Crippen LogP contribution in [0.2, 0.25) is 0 Å². The zero-order chi connectivity index (χ0) is 19.0. The SMILES string of the molecule is COc1cccc(-c2cc(F)c(F)cc2Oc2ccc3nnc(C)n3n2)c1. The van der Waals surface area contributed by atoms with Gasteiger partial charge in [-0.05, 0) is 36.8 Å². The molecule has 0 amide bonds. The zero-order valence-corrected chi connectivity index (χ0v) is 14.5. The Labute approximate surface area is 153 Å². The second kappa shape index (κ2) is 6.64. The molecule has 27 heavy (non-hydrogen) atoms. The molecule has 0 spiro atoms. The summed E-state index contributed by atoms with van der Waals surface area (Å²) < 4.78 is 40.2.